The lowest BCUT2D eigenvalue weighted by Gasteiger charge is -2.43. The maximum Gasteiger partial charge on any atom is 0.411 e. The Balaban J connectivity index is 1.71. The second-order valence-corrected chi connectivity index (χ2v) is 8.70. The van der Waals surface area contributed by atoms with E-state index in [1.165, 1.54) is 0 Å². The molecule has 1 N–H and O–H groups in total. The molecular weight excluding hydrogens is 418 g/mol. The molecule has 0 aliphatic carbocycles. The average Bonchev–Trinajstić information content (AvgIpc) is 3.34. The molecule has 3 aliphatic rings. The Bertz CT molecular complexity index is 1250. The van der Waals surface area contributed by atoms with Crippen molar-refractivity contribution in [1.29, 1.82) is 0 Å². The number of benzene rings is 3. The fraction of sp³-hybridized carbons (Fsp3) is 0.231. The lowest BCUT2D eigenvalue weighted by molar-refractivity contribution is -0.0874. The minimum absolute atomic E-state index is 0.163. The van der Waals surface area contributed by atoms with Crippen LogP contribution in [0.1, 0.15) is 31.1 Å². The summed E-state index contributed by atoms with van der Waals surface area (Å²) in [6.45, 7) is 3.88. The van der Waals surface area contributed by atoms with Gasteiger partial charge in [-0.2, -0.15) is 0 Å². The van der Waals surface area contributed by atoms with Gasteiger partial charge in [-0.1, -0.05) is 66.7 Å². The second-order valence-electron chi connectivity index (χ2n) is 8.70. The van der Waals surface area contributed by atoms with Crippen LogP contribution in [0.5, 0.6) is 0 Å². The van der Waals surface area contributed by atoms with Gasteiger partial charge in [0, 0.05) is 16.8 Å². The molecule has 33 heavy (non-hydrogen) atoms. The van der Waals surface area contributed by atoms with Gasteiger partial charge in [-0.25, -0.2) is 14.5 Å². The first-order valence-electron chi connectivity index (χ1n) is 11.0. The van der Waals surface area contributed by atoms with Gasteiger partial charge in [-0.05, 0) is 32.0 Å². The standard InChI is InChI=1S/C26H23N3O4/c1-17(2)32-22-20-15-9-10-16-21(20)29-24(31)28(19-13-7-4-8-14-19)26(18-11-5-3-6-12-18)25(22,29)27-23(30)33-26/h3-17,22H,1-2H3,(H,27,30)/t22-,25-,26-/m1/s1. The third kappa shape index (κ3) is 2.37. The van der Waals surface area contributed by atoms with Crippen molar-refractivity contribution in [2.24, 2.45) is 0 Å². The van der Waals surface area contributed by atoms with Crippen molar-refractivity contribution >= 4 is 23.5 Å². The first-order valence-corrected chi connectivity index (χ1v) is 11.0. The summed E-state index contributed by atoms with van der Waals surface area (Å²) >= 11 is 0. The monoisotopic (exact) mass is 441 g/mol. The minimum Gasteiger partial charge on any atom is -0.413 e. The van der Waals surface area contributed by atoms with Gasteiger partial charge in [0.1, 0.15) is 6.10 Å². The Morgan fingerprint density at radius 1 is 0.879 bits per heavy atom. The average molecular weight is 441 g/mol. The van der Waals surface area contributed by atoms with E-state index in [2.05, 4.69) is 5.32 Å². The largest absolute Gasteiger partial charge is 0.413 e. The van der Waals surface area contributed by atoms with E-state index in [-0.39, 0.29) is 12.1 Å². The van der Waals surface area contributed by atoms with Crippen LogP contribution >= 0.6 is 0 Å². The number of nitrogens with zero attached hydrogens (tertiary/aromatic N) is 2. The lowest BCUT2D eigenvalue weighted by atomic mass is 9.84. The summed E-state index contributed by atoms with van der Waals surface area (Å²) in [5.41, 5.74) is -0.0176. The minimum atomic E-state index is -1.50. The van der Waals surface area contributed by atoms with E-state index in [4.69, 9.17) is 9.47 Å². The van der Waals surface area contributed by atoms with Crippen molar-refractivity contribution in [2.75, 3.05) is 9.80 Å². The van der Waals surface area contributed by atoms with Gasteiger partial charge in [0.15, 0.2) is 0 Å². The van der Waals surface area contributed by atoms with Gasteiger partial charge in [-0.15, -0.1) is 0 Å². The predicted octanol–water partition coefficient (Wildman–Crippen LogP) is 4.90. The van der Waals surface area contributed by atoms with Gasteiger partial charge < -0.3 is 9.47 Å². The SMILES string of the molecule is CC(C)O[C@@H]1c2ccccc2N2C(=O)N(c3ccccc3)[C@]3(c4ccccc4)OC(=O)N[C@]123. The van der Waals surface area contributed by atoms with E-state index >= 15 is 0 Å². The molecule has 0 unspecified atom stereocenters. The Labute approximate surface area is 191 Å². The number of anilines is 2. The highest BCUT2D eigenvalue weighted by atomic mass is 16.6. The van der Waals surface area contributed by atoms with Crippen molar-refractivity contribution in [2.45, 2.75) is 37.4 Å². The van der Waals surface area contributed by atoms with E-state index < -0.39 is 23.6 Å². The third-order valence-corrected chi connectivity index (χ3v) is 6.53. The molecule has 7 nitrogen and oxygen atoms in total. The number of amides is 3. The Morgan fingerprint density at radius 2 is 1.52 bits per heavy atom. The summed E-state index contributed by atoms with van der Waals surface area (Å²) < 4.78 is 12.6. The molecule has 3 amide bonds. The van der Waals surface area contributed by atoms with Gasteiger partial charge in [-0.3, -0.25) is 10.2 Å². The van der Waals surface area contributed by atoms with Crippen LogP contribution in [0.25, 0.3) is 0 Å². The molecule has 3 aromatic rings. The molecular formula is C26H23N3O4. The van der Waals surface area contributed by atoms with E-state index in [0.29, 0.717) is 16.9 Å². The molecule has 3 atom stereocenters. The number of fused-ring (bicyclic) bond motifs is 2. The molecule has 0 aromatic heterocycles. The number of carbonyl (C=O) groups is 2. The Morgan fingerprint density at radius 3 is 2.21 bits per heavy atom. The zero-order valence-electron chi connectivity index (χ0n) is 18.3. The summed E-state index contributed by atoms with van der Waals surface area (Å²) in [7, 11) is 0. The van der Waals surface area contributed by atoms with Crippen LogP contribution in [0, 0.1) is 0 Å². The first kappa shape index (κ1) is 19.8. The summed E-state index contributed by atoms with van der Waals surface area (Å²) in [6, 6.07) is 26.0. The molecule has 2 saturated heterocycles. The molecule has 166 valence electrons. The van der Waals surface area contributed by atoms with E-state index in [1.54, 1.807) is 9.80 Å². The Hall–Kier alpha value is -3.84. The second kappa shape index (κ2) is 6.83. The predicted molar refractivity (Wildman–Crippen MR) is 123 cm³/mol. The maximum atomic E-state index is 14.2. The number of hydrogen-bond donors (Lipinski definition) is 1. The number of ether oxygens (including phenoxy) is 2. The van der Waals surface area contributed by atoms with Crippen molar-refractivity contribution < 1.29 is 19.1 Å². The van der Waals surface area contributed by atoms with Crippen LogP contribution in [-0.2, 0) is 15.2 Å². The molecule has 7 heteroatoms. The van der Waals surface area contributed by atoms with Crippen LogP contribution in [0.2, 0.25) is 0 Å². The number of carbonyl (C=O) groups excluding carboxylic acids is 2. The molecule has 0 saturated carbocycles. The summed E-state index contributed by atoms with van der Waals surface area (Å²) in [5.74, 6) is 0. The van der Waals surface area contributed by atoms with Gasteiger partial charge in [0.25, 0.3) is 5.72 Å². The highest BCUT2D eigenvalue weighted by molar-refractivity contribution is 6.13. The number of nitrogens with one attached hydrogen (secondary N) is 1. The van der Waals surface area contributed by atoms with Gasteiger partial charge in [0.2, 0.25) is 5.66 Å². The fourth-order valence-electron chi connectivity index (χ4n) is 5.46. The number of para-hydroxylation sites is 2. The molecule has 1 spiro atoms. The maximum absolute atomic E-state index is 14.2. The van der Waals surface area contributed by atoms with Crippen molar-refractivity contribution in [1.82, 2.24) is 5.32 Å². The zero-order valence-corrected chi connectivity index (χ0v) is 18.3. The smallest absolute Gasteiger partial charge is 0.411 e. The Kier molecular flexibility index (Phi) is 4.10. The van der Waals surface area contributed by atoms with E-state index in [0.717, 1.165) is 5.56 Å². The van der Waals surface area contributed by atoms with Crippen molar-refractivity contribution in [3.8, 4) is 0 Å². The zero-order chi connectivity index (χ0) is 22.8. The first-order chi connectivity index (χ1) is 16.0. The topological polar surface area (TPSA) is 71.1 Å². The molecule has 0 radical (unpaired) electrons. The van der Waals surface area contributed by atoms with Crippen LogP contribution < -0.4 is 15.1 Å². The van der Waals surface area contributed by atoms with Crippen LogP contribution in [0.15, 0.2) is 84.9 Å². The van der Waals surface area contributed by atoms with Crippen LogP contribution in [0.3, 0.4) is 0 Å². The third-order valence-electron chi connectivity index (χ3n) is 6.53. The highest BCUT2D eigenvalue weighted by Gasteiger charge is 2.82. The summed E-state index contributed by atoms with van der Waals surface area (Å²) in [4.78, 5) is 30.5. The molecule has 3 heterocycles. The normalized spacial score (nSPS) is 27.3. The van der Waals surface area contributed by atoms with E-state index in [1.807, 2.05) is 98.8 Å². The number of alkyl carbamates (subject to hydrolysis) is 1. The van der Waals surface area contributed by atoms with E-state index in [9.17, 15) is 9.59 Å². The van der Waals surface area contributed by atoms with Crippen LogP contribution in [-0.4, -0.2) is 23.9 Å². The fourth-order valence-corrected chi connectivity index (χ4v) is 5.46. The summed E-state index contributed by atoms with van der Waals surface area (Å²) in [6.07, 6.45) is -1.43. The highest BCUT2D eigenvalue weighted by Crippen LogP contribution is 2.64. The van der Waals surface area contributed by atoms with Crippen molar-refractivity contribution in [3.05, 3.63) is 96.1 Å². The molecule has 3 aromatic carbocycles. The van der Waals surface area contributed by atoms with Crippen LogP contribution in [0.4, 0.5) is 21.0 Å². The van der Waals surface area contributed by atoms with Crippen molar-refractivity contribution in [3.63, 3.8) is 0 Å². The quantitative estimate of drug-likeness (QED) is 0.625. The molecule has 6 rings (SSSR count). The number of rotatable bonds is 4. The van der Waals surface area contributed by atoms with Gasteiger partial charge in [0.05, 0.1) is 11.8 Å². The summed E-state index contributed by atoms with van der Waals surface area (Å²) in [5, 5.41) is 3.04. The number of hydrogen-bond acceptors (Lipinski definition) is 4. The number of urea groups is 1. The molecule has 3 aliphatic heterocycles. The van der Waals surface area contributed by atoms with Gasteiger partial charge >= 0.3 is 12.1 Å². The lowest BCUT2D eigenvalue weighted by Crippen LogP contribution is -2.64. The molecule has 2 fully saturated rings. The molecule has 0 bridgehead atoms.